The average Bonchev–Trinajstić information content (AvgIpc) is 1.94. The fourth-order valence-corrected chi connectivity index (χ4v) is 0.964. The smallest absolute Gasteiger partial charge is 0.337 e. The minimum atomic E-state index is -1.18. The highest BCUT2D eigenvalue weighted by Gasteiger charge is 2.08. The van der Waals surface area contributed by atoms with Gasteiger partial charge in [0.1, 0.15) is 0 Å². The maximum Gasteiger partial charge on any atom is 0.337 e. The molecule has 0 radical (unpaired) electrons. The van der Waals surface area contributed by atoms with E-state index < -0.39 is 11.9 Å². The molecular weight excluding hydrogens is 217 g/mol. The van der Waals surface area contributed by atoms with E-state index in [2.05, 4.69) is 20.9 Å². The zero-order chi connectivity index (χ0) is 8.43. The Morgan fingerprint density at radius 3 is 2.82 bits per heavy atom. The van der Waals surface area contributed by atoms with Crippen LogP contribution >= 0.6 is 15.9 Å². The van der Waals surface area contributed by atoms with E-state index in [-0.39, 0.29) is 10.0 Å². The van der Waals surface area contributed by atoms with Crippen LogP contribution in [0.5, 0.6) is 0 Å². The molecule has 0 aliphatic carbocycles. The number of rotatable bonds is 1. The molecule has 0 fully saturated rings. The molecule has 3 nitrogen and oxygen atoms in total. The van der Waals surface area contributed by atoms with Gasteiger partial charge in [0.15, 0.2) is 0 Å². The summed E-state index contributed by atoms with van der Waals surface area (Å²) in [6, 6.07) is 0.854. The van der Waals surface area contributed by atoms with Gasteiger partial charge in [-0.1, -0.05) is 0 Å². The first-order valence-corrected chi connectivity index (χ1v) is 3.45. The van der Waals surface area contributed by atoms with Gasteiger partial charge in [-0.2, -0.15) is 4.39 Å². The third-order valence-electron chi connectivity index (χ3n) is 1.05. The molecule has 0 aromatic carbocycles. The van der Waals surface area contributed by atoms with Crippen LogP contribution in [0.25, 0.3) is 0 Å². The number of aromatic carboxylic acids is 1. The summed E-state index contributed by atoms with van der Waals surface area (Å²) in [6.45, 7) is 0. The van der Waals surface area contributed by atoms with E-state index in [1.807, 2.05) is 0 Å². The van der Waals surface area contributed by atoms with Crippen LogP contribution in [0.1, 0.15) is 10.4 Å². The van der Waals surface area contributed by atoms with Crippen LogP contribution in [0.15, 0.2) is 16.7 Å². The highest BCUT2D eigenvalue weighted by molar-refractivity contribution is 9.10. The molecule has 0 unspecified atom stereocenters. The molecule has 1 N–H and O–H groups in total. The molecule has 0 aliphatic rings. The van der Waals surface area contributed by atoms with Crippen molar-refractivity contribution < 1.29 is 14.3 Å². The molecule has 0 spiro atoms. The van der Waals surface area contributed by atoms with Crippen LogP contribution in [0.4, 0.5) is 4.39 Å². The van der Waals surface area contributed by atoms with Gasteiger partial charge in [0.05, 0.1) is 10.0 Å². The first kappa shape index (κ1) is 8.13. The number of aromatic nitrogens is 1. The van der Waals surface area contributed by atoms with E-state index in [0.717, 1.165) is 12.3 Å². The van der Waals surface area contributed by atoms with E-state index in [4.69, 9.17) is 5.11 Å². The second kappa shape index (κ2) is 2.96. The lowest BCUT2D eigenvalue weighted by atomic mass is 10.3. The van der Waals surface area contributed by atoms with Crippen LogP contribution in [0, 0.1) is 5.95 Å². The number of hydrogen-bond acceptors (Lipinski definition) is 2. The maximum atomic E-state index is 12.3. The van der Waals surface area contributed by atoms with Crippen molar-refractivity contribution in [1.29, 1.82) is 0 Å². The number of halogens is 2. The topological polar surface area (TPSA) is 50.2 Å². The number of pyridine rings is 1. The normalized spacial score (nSPS) is 9.64. The lowest BCUT2D eigenvalue weighted by Gasteiger charge is -1.95. The van der Waals surface area contributed by atoms with Crippen LogP contribution < -0.4 is 0 Å². The molecule has 11 heavy (non-hydrogen) atoms. The van der Waals surface area contributed by atoms with Crippen LogP contribution in [-0.4, -0.2) is 16.1 Å². The molecular formula is C6H3BrFNO2. The van der Waals surface area contributed by atoms with Crippen molar-refractivity contribution >= 4 is 21.9 Å². The minimum absolute atomic E-state index is 0.127. The summed E-state index contributed by atoms with van der Waals surface area (Å²) in [5.41, 5.74) is -0.127. The highest BCUT2D eigenvalue weighted by atomic mass is 79.9. The molecule has 58 valence electrons. The van der Waals surface area contributed by atoms with Crippen LogP contribution in [0.3, 0.4) is 0 Å². The first-order chi connectivity index (χ1) is 5.11. The Kier molecular flexibility index (Phi) is 2.19. The predicted molar refractivity (Wildman–Crippen MR) is 38.9 cm³/mol. The molecule has 0 amide bonds. The Morgan fingerprint density at radius 2 is 2.36 bits per heavy atom. The van der Waals surface area contributed by atoms with Crippen molar-refractivity contribution in [3.8, 4) is 0 Å². The van der Waals surface area contributed by atoms with E-state index >= 15 is 0 Å². The lowest BCUT2D eigenvalue weighted by Crippen LogP contribution is -1.99. The summed E-state index contributed by atoms with van der Waals surface area (Å²) < 4.78 is 12.6. The summed E-state index contributed by atoms with van der Waals surface area (Å²) in [4.78, 5) is 13.6. The third-order valence-corrected chi connectivity index (χ3v) is 1.68. The summed E-state index contributed by atoms with van der Waals surface area (Å²) >= 11 is 2.92. The van der Waals surface area contributed by atoms with Crippen molar-refractivity contribution in [1.82, 2.24) is 4.98 Å². The fourth-order valence-electron chi connectivity index (χ4n) is 0.577. The molecule has 1 heterocycles. The Balaban J connectivity index is 3.23. The Bertz CT molecular complexity index is 303. The molecule has 5 heteroatoms. The number of carboxylic acids is 1. The van der Waals surface area contributed by atoms with Gasteiger partial charge in [-0.15, -0.1) is 0 Å². The fraction of sp³-hybridized carbons (Fsp3) is 0. The van der Waals surface area contributed by atoms with Gasteiger partial charge in [-0.3, -0.25) is 0 Å². The molecule has 0 saturated heterocycles. The SMILES string of the molecule is O=C(O)c1cc(F)ncc1Br. The zero-order valence-electron chi connectivity index (χ0n) is 5.21. The van der Waals surface area contributed by atoms with Crippen molar-refractivity contribution in [2.24, 2.45) is 0 Å². The van der Waals surface area contributed by atoms with Crippen molar-refractivity contribution in [3.05, 3.63) is 28.2 Å². The molecule has 0 aliphatic heterocycles. The maximum absolute atomic E-state index is 12.3. The van der Waals surface area contributed by atoms with Crippen molar-refractivity contribution in [3.63, 3.8) is 0 Å². The summed E-state index contributed by atoms with van der Waals surface area (Å²) in [7, 11) is 0. The quantitative estimate of drug-likeness (QED) is 0.732. The molecule has 0 saturated carbocycles. The Morgan fingerprint density at radius 1 is 1.73 bits per heavy atom. The Labute approximate surface area is 70.0 Å². The summed E-state index contributed by atoms with van der Waals surface area (Å²) in [5.74, 6) is -1.98. The summed E-state index contributed by atoms with van der Waals surface area (Å²) in [6.07, 6.45) is 1.11. The van der Waals surface area contributed by atoms with Gasteiger partial charge in [0.2, 0.25) is 5.95 Å². The second-order valence-electron chi connectivity index (χ2n) is 1.79. The standard InChI is InChI=1S/C6H3BrFNO2/c7-4-2-9-5(8)1-3(4)6(10)11/h1-2H,(H,10,11). The van der Waals surface area contributed by atoms with Crippen molar-refractivity contribution in [2.75, 3.05) is 0 Å². The lowest BCUT2D eigenvalue weighted by molar-refractivity contribution is 0.0695. The molecule has 1 rings (SSSR count). The minimum Gasteiger partial charge on any atom is -0.478 e. The monoisotopic (exact) mass is 219 g/mol. The van der Waals surface area contributed by atoms with E-state index in [0.29, 0.717) is 0 Å². The number of nitrogens with zero attached hydrogens (tertiary/aromatic N) is 1. The molecule has 0 atom stereocenters. The van der Waals surface area contributed by atoms with Gasteiger partial charge in [0.25, 0.3) is 0 Å². The molecule has 1 aromatic rings. The van der Waals surface area contributed by atoms with Gasteiger partial charge in [-0.05, 0) is 15.9 Å². The average molecular weight is 220 g/mol. The highest BCUT2D eigenvalue weighted by Crippen LogP contribution is 2.15. The van der Waals surface area contributed by atoms with E-state index in [1.165, 1.54) is 0 Å². The first-order valence-electron chi connectivity index (χ1n) is 2.65. The van der Waals surface area contributed by atoms with E-state index in [1.54, 1.807) is 0 Å². The zero-order valence-corrected chi connectivity index (χ0v) is 6.80. The van der Waals surface area contributed by atoms with Gasteiger partial charge in [-0.25, -0.2) is 9.78 Å². The van der Waals surface area contributed by atoms with Gasteiger partial charge < -0.3 is 5.11 Å². The third kappa shape index (κ3) is 1.74. The Hall–Kier alpha value is -0.970. The number of hydrogen-bond donors (Lipinski definition) is 1. The van der Waals surface area contributed by atoms with Crippen LogP contribution in [0.2, 0.25) is 0 Å². The largest absolute Gasteiger partial charge is 0.478 e. The molecule has 1 aromatic heterocycles. The number of carboxylic acid groups (broad SMARTS) is 1. The second-order valence-corrected chi connectivity index (χ2v) is 2.65. The predicted octanol–water partition coefficient (Wildman–Crippen LogP) is 1.68. The molecule has 0 bridgehead atoms. The van der Waals surface area contributed by atoms with Crippen molar-refractivity contribution in [2.45, 2.75) is 0 Å². The van der Waals surface area contributed by atoms with Crippen LogP contribution in [-0.2, 0) is 0 Å². The van der Waals surface area contributed by atoms with Gasteiger partial charge in [0, 0.05) is 12.3 Å². The number of carbonyl (C=O) groups is 1. The summed E-state index contributed by atoms with van der Waals surface area (Å²) in [5, 5.41) is 8.47. The van der Waals surface area contributed by atoms with Gasteiger partial charge >= 0.3 is 5.97 Å². The van der Waals surface area contributed by atoms with E-state index in [9.17, 15) is 9.18 Å².